The summed E-state index contributed by atoms with van der Waals surface area (Å²) in [5.74, 6) is -0.611. The molecule has 1 unspecified atom stereocenters. The average molecular weight is 534 g/mol. The van der Waals surface area contributed by atoms with Crippen LogP contribution in [0.25, 0.3) is 0 Å². The van der Waals surface area contributed by atoms with E-state index in [0.717, 1.165) is 18.4 Å². The molecule has 226 valence electrons. The van der Waals surface area contributed by atoms with Gasteiger partial charge < -0.3 is 15.2 Å². The van der Waals surface area contributed by atoms with E-state index in [9.17, 15) is 14.4 Å². The fourth-order valence-corrected chi connectivity index (χ4v) is 1.72. The zero-order valence-corrected chi connectivity index (χ0v) is 20.9. The molecule has 0 aromatic heterocycles. The molecule has 6 heteroatoms. The molecule has 1 atom stereocenters. The Bertz CT molecular complexity index is 655. The minimum absolute atomic E-state index is 0. The van der Waals surface area contributed by atoms with Crippen LogP contribution in [0.4, 0.5) is 0 Å². The van der Waals surface area contributed by atoms with Gasteiger partial charge in [0.1, 0.15) is 0 Å². The molecule has 1 amide bonds. The van der Waals surface area contributed by atoms with Crippen LogP contribution in [0.1, 0.15) is 125 Å². The zero-order valence-electron chi connectivity index (χ0n) is 20.9. The molecule has 0 spiro atoms. The maximum Gasteiger partial charge on any atom is 0.311 e. The fourth-order valence-electron chi connectivity index (χ4n) is 1.72. The Morgan fingerprint density at radius 2 is 1.24 bits per heavy atom. The van der Waals surface area contributed by atoms with Crippen molar-refractivity contribution in [1.82, 2.24) is 5.32 Å². The molecule has 0 fully saturated rings. The standard InChI is InChI=1S/C12H17NO.C7H14O2.C6H12O2.6CH4/c1-3-10(2)12(14)13-9-11-7-5-4-6-8-11;1-5-7(2,3)6(8)9-4;1-4-6(2,3)5(7)8;;;;;;/h4-8,10H,3,9H2,1-2H3,(H,13,14);5H2,1-4H3;4H2,1-3H3,(H,7,8);6*1H4. The minimum Gasteiger partial charge on any atom is -0.481 e. The van der Waals surface area contributed by atoms with E-state index in [0.29, 0.717) is 13.0 Å². The molecular formula is C31H67NO5. The van der Waals surface area contributed by atoms with Gasteiger partial charge in [0.15, 0.2) is 0 Å². The van der Waals surface area contributed by atoms with Gasteiger partial charge in [-0.15, -0.1) is 0 Å². The molecule has 1 aromatic rings. The smallest absolute Gasteiger partial charge is 0.311 e. The van der Waals surface area contributed by atoms with E-state index < -0.39 is 11.4 Å². The van der Waals surface area contributed by atoms with Crippen LogP contribution in [0, 0.1) is 16.7 Å². The lowest BCUT2D eigenvalue weighted by atomic mass is 9.91. The predicted molar refractivity (Wildman–Crippen MR) is 166 cm³/mol. The average Bonchev–Trinajstić information content (AvgIpc) is 2.77. The number of hydrogen-bond acceptors (Lipinski definition) is 4. The van der Waals surface area contributed by atoms with Crippen LogP contribution < -0.4 is 5.32 Å². The van der Waals surface area contributed by atoms with Gasteiger partial charge >= 0.3 is 11.9 Å². The predicted octanol–water partition coefficient (Wildman–Crippen LogP) is 9.27. The highest BCUT2D eigenvalue weighted by Gasteiger charge is 2.25. The number of carbonyl (C=O) groups excluding carboxylic acids is 2. The number of aliphatic carboxylic acids is 1. The number of hydrogen-bond donors (Lipinski definition) is 2. The van der Waals surface area contributed by atoms with Gasteiger partial charge in [-0.25, -0.2) is 0 Å². The van der Waals surface area contributed by atoms with E-state index in [-0.39, 0.29) is 67.8 Å². The number of nitrogens with one attached hydrogen (secondary N) is 1. The number of benzene rings is 1. The Labute approximate surface area is 233 Å². The lowest BCUT2D eigenvalue weighted by Crippen LogP contribution is -2.28. The molecule has 37 heavy (non-hydrogen) atoms. The second-order valence-electron chi connectivity index (χ2n) is 8.78. The monoisotopic (exact) mass is 534 g/mol. The number of esters is 1. The van der Waals surface area contributed by atoms with E-state index in [1.807, 2.05) is 71.9 Å². The molecule has 1 aromatic carbocycles. The SMILES string of the molecule is C.C.C.C.C.C.CCC(C)(C)C(=O)O.CCC(C)(C)C(=O)OC.CCC(C)C(=O)NCc1ccccc1. The van der Waals surface area contributed by atoms with Gasteiger partial charge in [0.25, 0.3) is 0 Å². The molecule has 1 rings (SSSR count). The first kappa shape index (κ1) is 55.2. The molecular weight excluding hydrogens is 466 g/mol. The van der Waals surface area contributed by atoms with Gasteiger partial charge in [0.2, 0.25) is 5.91 Å². The van der Waals surface area contributed by atoms with Crippen molar-refractivity contribution in [2.24, 2.45) is 16.7 Å². The fraction of sp³-hybridized carbons (Fsp3) is 0.710. The molecule has 0 aliphatic carbocycles. The third kappa shape index (κ3) is 25.1. The topological polar surface area (TPSA) is 92.7 Å². The molecule has 0 aliphatic heterocycles. The van der Waals surface area contributed by atoms with Crippen molar-refractivity contribution < 1.29 is 24.2 Å². The van der Waals surface area contributed by atoms with Gasteiger partial charge in [0, 0.05) is 12.5 Å². The number of amides is 1. The summed E-state index contributed by atoms with van der Waals surface area (Å²) in [7, 11) is 1.42. The molecule has 0 heterocycles. The Balaban J connectivity index is -0.0000000549. The maximum absolute atomic E-state index is 11.4. The third-order valence-electron chi connectivity index (χ3n) is 5.45. The second-order valence-corrected chi connectivity index (χ2v) is 8.78. The summed E-state index contributed by atoms with van der Waals surface area (Å²) in [5, 5.41) is 11.4. The third-order valence-corrected chi connectivity index (χ3v) is 5.45. The second kappa shape index (κ2) is 28.2. The Morgan fingerprint density at radius 1 is 0.838 bits per heavy atom. The number of carbonyl (C=O) groups is 3. The van der Waals surface area contributed by atoms with Gasteiger partial charge in [-0.05, 0) is 52.5 Å². The molecule has 0 saturated heterocycles. The van der Waals surface area contributed by atoms with Crippen LogP contribution in [0.3, 0.4) is 0 Å². The number of rotatable bonds is 8. The van der Waals surface area contributed by atoms with Crippen LogP contribution in [-0.2, 0) is 25.7 Å². The van der Waals surface area contributed by atoms with Crippen LogP contribution in [0.5, 0.6) is 0 Å². The highest BCUT2D eigenvalue weighted by molar-refractivity contribution is 5.78. The first-order valence-electron chi connectivity index (χ1n) is 10.9. The summed E-state index contributed by atoms with van der Waals surface area (Å²) in [6.45, 7) is 15.6. The van der Waals surface area contributed by atoms with E-state index >= 15 is 0 Å². The van der Waals surface area contributed by atoms with Crippen LogP contribution in [0.15, 0.2) is 30.3 Å². The number of ether oxygens (including phenoxy) is 1. The number of carboxylic acid groups (broad SMARTS) is 1. The lowest BCUT2D eigenvalue weighted by Gasteiger charge is -2.17. The summed E-state index contributed by atoms with van der Waals surface area (Å²) in [5.41, 5.74) is 0.290. The van der Waals surface area contributed by atoms with Gasteiger partial charge in [-0.2, -0.15) is 0 Å². The normalized spacial score (nSPS) is 9.76. The first-order valence-corrected chi connectivity index (χ1v) is 10.9. The minimum atomic E-state index is -0.722. The highest BCUT2D eigenvalue weighted by Crippen LogP contribution is 2.20. The molecule has 6 nitrogen and oxygen atoms in total. The number of methoxy groups -OCH3 is 1. The Hall–Kier alpha value is -2.37. The maximum atomic E-state index is 11.4. The van der Waals surface area contributed by atoms with E-state index in [2.05, 4.69) is 10.1 Å². The van der Waals surface area contributed by atoms with Gasteiger partial charge in [-0.1, -0.05) is 103 Å². The summed E-state index contributed by atoms with van der Waals surface area (Å²) >= 11 is 0. The van der Waals surface area contributed by atoms with Gasteiger partial charge in [0.05, 0.1) is 17.9 Å². The largest absolute Gasteiger partial charge is 0.481 e. The van der Waals surface area contributed by atoms with E-state index in [1.165, 1.54) is 7.11 Å². The molecule has 0 aliphatic rings. The molecule has 0 saturated carbocycles. The number of carboxylic acids is 1. The van der Waals surface area contributed by atoms with Crippen LogP contribution in [-0.4, -0.2) is 30.1 Å². The van der Waals surface area contributed by atoms with Crippen molar-refractivity contribution in [2.45, 2.75) is 126 Å². The summed E-state index contributed by atoms with van der Waals surface area (Å²) in [4.78, 5) is 32.5. The quantitative estimate of drug-likeness (QED) is 0.325. The zero-order chi connectivity index (χ0) is 24.7. The molecule has 0 radical (unpaired) electrons. The van der Waals surface area contributed by atoms with Crippen molar-refractivity contribution in [3.63, 3.8) is 0 Å². The highest BCUT2D eigenvalue weighted by atomic mass is 16.5. The van der Waals surface area contributed by atoms with Gasteiger partial charge in [-0.3, -0.25) is 14.4 Å². The summed E-state index contributed by atoms with van der Waals surface area (Å²) in [6, 6.07) is 9.95. The first-order chi connectivity index (χ1) is 14.3. The molecule has 2 N–H and O–H groups in total. The van der Waals surface area contributed by atoms with Crippen molar-refractivity contribution in [1.29, 1.82) is 0 Å². The van der Waals surface area contributed by atoms with Crippen molar-refractivity contribution in [3.8, 4) is 0 Å². The van der Waals surface area contributed by atoms with Crippen molar-refractivity contribution in [3.05, 3.63) is 35.9 Å². The van der Waals surface area contributed by atoms with Crippen molar-refractivity contribution >= 4 is 17.8 Å². The van der Waals surface area contributed by atoms with Crippen LogP contribution >= 0.6 is 0 Å². The Kier molecular flexibility index (Phi) is 42.1. The van der Waals surface area contributed by atoms with E-state index in [4.69, 9.17) is 5.11 Å². The van der Waals surface area contributed by atoms with E-state index in [1.54, 1.807) is 13.8 Å². The van der Waals surface area contributed by atoms with Crippen LogP contribution in [0.2, 0.25) is 0 Å². The Morgan fingerprint density at radius 3 is 1.49 bits per heavy atom. The summed E-state index contributed by atoms with van der Waals surface area (Å²) < 4.78 is 4.57. The lowest BCUT2D eigenvalue weighted by molar-refractivity contribution is -0.151. The van der Waals surface area contributed by atoms with Crippen molar-refractivity contribution in [2.75, 3.05) is 7.11 Å². The molecule has 0 bridgehead atoms. The summed E-state index contributed by atoms with van der Waals surface area (Å²) in [6.07, 6.45) is 2.39.